The predicted molar refractivity (Wildman–Crippen MR) is 198 cm³/mol. The van der Waals surface area contributed by atoms with E-state index in [0.29, 0.717) is 0 Å². The number of fused-ring (bicyclic) bond motifs is 6. The van der Waals surface area contributed by atoms with Gasteiger partial charge < -0.3 is 0 Å². The first-order valence-corrected chi connectivity index (χ1v) is 17.2. The highest BCUT2D eigenvalue weighted by Crippen LogP contribution is 2.44. The average molecular weight is 651 g/mol. The molecule has 49 heavy (non-hydrogen) atoms. The quantitative estimate of drug-likeness (QED) is 0.0566. The molecule has 0 aliphatic heterocycles. The number of benzene rings is 4. The summed E-state index contributed by atoms with van der Waals surface area (Å²) in [6.45, 7) is 4.43. The first-order valence-electron chi connectivity index (χ1n) is 17.2. The SMILES string of the molecule is CCCCCc1c(CCCCC)c2c(-c3cccc([N+](=O)[O-])c3)c3ccc(-c4cccc([N+](=O)[O-])c4)cc3n2c2nc3ccccc3cc12. The third kappa shape index (κ3) is 5.88. The summed E-state index contributed by atoms with van der Waals surface area (Å²) in [5, 5.41) is 26.8. The van der Waals surface area contributed by atoms with Crippen molar-refractivity contribution in [2.75, 3.05) is 0 Å². The van der Waals surface area contributed by atoms with Crippen LogP contribution in [0, 0.1) is 20.2 Å². The largest absolute Gasteiger partial charge is 0.293 e. The summed E-state index contributed by atoms with van der Waals surface area (Å²) in [5.74, 6) is 0. The minimum absolute atomic E-state index is 0.0309. The van der Waals surface area contributed by atoms with Gasteiger partial charge in [-0.2, -0.15) is 0 Å². The first kappa shape index (κ1) is 31.9. The molecule has 0 bridgehead atoms. The van der Waals surface area contributed by atoms with Gasteiger partial charge in [-0.1, -0.05) is 94.1 Å². The molecule has 0 saturated carbocycles. The Morgan fingerprint density at radius 1 is 0.633 bits per heavy atom. The lowest BCUT2D eigenvalue weighted by atomic mass is 9.91. The number of para-hydroxylation sites is 1. The van der Waals surface area contributed by atoms with Crippen molar-refractivity contribution in [1.82, 2.24) is 9.38 Å². The molecule has 7 rings (SSSR count). The van der Waals surface area contributed by atoms with Gasteiger partial charge in [0.2, 0.25) is 0 Å². The Morgan fingerprint density at radius 3 is 1.96 bits per heavy atom. The maximum Gasteiger partial charge on any atom is 0.270 e. The highest BCUT2D eigenvalue weighted by Gasteiger charge is 2.25. The molecule has 7 aromatic rings. The Morgan fingerprint density at radius 2 is 1.27 bits per heavy atom. The van der Waals surface area contributed by atoms with Crippen molar-refractivity contribution in [1.29, 1.82) is 0 Å². The van der Waals surface area contributed by atoms with E-state index in [1.54, 1.807) is 24.3 Å². The highest BCUT2D eigenvalue weighted by molar-refractivity contribution is 6.11. The number of non-ortho nitro benzene ring substituents is 2. The van der Waals surface area contributed by atoms with Crippen LogP contribution >= 0.6 is 0 Å². The number of hydrogen-bond donors (Lipinski definition) is 0. The van der Waals surface area contributed by atoms with Crippen LogP contribution in [-0.2, 0) is 12.8 Å². The van der Waals surface area contributed by atoms with Gasteiger partial charge in [-0.05, 0) is 71.7 Å². The molecule has 8 nitrogen and oxygen atoms in total. The normalized spacial score (nSPS) is 11.6. The summed E-state index contributed by atoms with van der Waals surface area (Å²) < 4.78 is 2.26. The molecule has 246 valence electrons. The van der Waals surface area contributed by atoms with E-state index >= 15 is 0 Å². The topological polar surface area (TPSA) is 104 Å². The van der Waals surface area contributed by atoms with Gasteiger partial charge in [-0.25, -0.2) is 4.98 Å². The Hall–Kier alpha value is -5.63. The number of nitro benzene ring substituents is 2. The van der Waals surface area contributed by atoms with Crippen LogP contribution in [0.15, 0.2) is 97.1 Å². The molecule has 0 amide bonds. The summed E-state index contributed by atoms with van der Waals surface area (Å²) in [6.07, 6.45) is 8.28. The molecule has 0 saturated heterocycles. The molecular formula is C41H38N4O4. The molecule has 8 heteroatoms. The molecule has 0 radical (unpaired) electrons. The Bertz CT molecular complexity index is 2390. The smallest absolute Gasteiger partial charge is 0.270 e. The molecule has 0 atom stereocenters. The van der Waals surface area contributed by atoms with Gasteiger partial charge in [0.15, 0.2) is 0 Å². The number of nitrogens with zero attached hydrogens (tertiary/aromatic N) is 4. The minimum atomic E-state index is -0.375. The van der Waals surface area contributed by atoms with Crippen LogP contribution in [0.5, 0.6) is 0 Å². The van der Waals surface area contributed by atoms with Crippen molar-refractivity contribution in [2.24, 2.45) is 0 Å². The van der Waals surface area contributed by atoms with Crippen LogP contribution in [0.1, 0.15) is 63.5 Å². The fourth-order valence-electron chi connectivity index (χ4n) is 7.30. The van der Waals surface area contributed by atoms with E-state index in [1.165, 1.54) is 23.3 Å². The second kappa shape index (κ2) is 13.5. The van der Waals surface area contributed by atoms with Crippen molar-refractivity contribution in [3.63, 3.8) is 0 Å². The lowest BCUT2D eigenvalue weighted by molar-refractivity contribution is -0.385. The average Bonchev–Trinajstić information content (AvgIpc) is 3.46. The van der Waals surface area contributed by atoms with Crippen molar-refractivity contribution in [3.05, 3.63) is 128 Å². The number of aromatic nitrogens is 2. The zero-order valence-corrected chi connectivity index (χ0v) is 27.8. The molecule has 0 spiro atoms. The number of aryl methyl sites for hydroxylation is 2. The van der Waals surface area contributed by atoms with Crippen molar-refractivity contribution >= 4 is 49.7 Å². The number of nitro groups is 2. The van der Waals surface area contributed by atoms with Crippen LogP contribution in [0.3, 0.4) is 0 Å². The van der Waals surface area contributed by atoms with Crippen LogP contribution in [0.4, 0.5) is 11.4 Å². The maximum absolute atomic E-state index is 12.0. The predicted octanol–water partition coefficient (Wildman–Crippen LogP) is 11.4. The van der Waals surface area contributed by atoms with E-state index in [-0.39, 0.29) is 21.2 Å². The zero-order valence-electron chi connectivity index (χ0n) is 27.8. The number of pyridine rings is 2. The maximum atomic E-state index is 12.0. The van der Waals surface area contributed by atoms with Gasteiger partial charge in [0.05, 0.1) is 26.4 Å². The molecule has 0 unspecified atom stereocenters. The highest BCUT2D eigenvalue weighted by atomic mass is 16.6. The van der Waals surface area contributed by atoms with Crippen LogP contribution in [-0.4, -0.2) is 19.2 Å². The summed E-state index contributed by atoms with van der Waals surface area (Å²) in [5.41, 5.74) is 9.63. The van der Waals surface area contributed by atoms with Crippen LogP contribution in [0.25, 0.3) is 60.6 Å². The van der Waals surface area contributed by atoms with Crippen molar-refractivity contribution in [2.45, 2.75) is 65.2 Å². The van der Waals surface area contributed by atoms with Gasteiger partial charge >= 0.3 is 0 Å². The van der Waals surface area contributed by atoms with Crippen molar-refractivity contribution < 1.29 is 9.85 Å². The monoisotopic (exact) mass is 650 g/mol. The molecule has 0 fully saturated rings. The lowest BCUT2D eigenvalue weighted by Gasteiger charge is -2.19. The molecule has 3 aromatic heterocycles. The Labute approximate surface area is 284 Å². The van der Waals surface area contributed by atoms with E-state index in [1.807, 2.05) is 36.4 Å². The third-order valence-corrected chi connectivity index (χ3v) is 9.66. The number of hydrogen-bond acceptors (Lipinski definition) is 5. The van der Waals surface area contributed by atoms with E-state index in [0.717, 1.165) is 112 Å². The van der Waals surface area contributed by atoms with Crippen LogP contribution in [0.2, 0.25) is 0 Å². The lowest BCUT2D eigenvalue weighted by Crippen LogP contribution is -2.05. The fourth-order valence-corrected chi connectivity index (χ4v) is 7.30. The molecule has 3 heterocycles. The minimum Gasteiger partial charge on any atom is -0.293 e. The number of unbranched alkanes of at least 4 members (excludes halogenated alkanes) is 4. The Kier molecular flexibility index (Phi) is 8.78. The summed E-state index contributed by atoms with van der Waals surface area (Å²) in [6, 6.07) is 30.2. The molecule has 0 aliphatic rings. The fraction of sp³-hybridized carbons (Fsp3) is 0.244. The van der Waals surface area contributed by atoms with Gasteiger partial charge in [-0.3, -0.25) is 24.6 Å². The second-order valence-corrected chi connectivity index (χ2v) is 12.8. The van der Waals surface area contributed by atoms with Gasteiger partial charge in [0, 0.05) is 46.0 Å². The first-order chi connectivity index (χ1) is 23.9. The number of rotatable bonds is 12. The van der Waals surface area contributed by atoms with Gasteiger partial charge in [-0.15, -0.1) is 0 Å². The molecule has 4 aromatic carbocycles. The van der Waals surface area contributed by atoms with E-state index in [4.69, 9.17) is 4.98 Å². The third-order valence-electron chi connectivity index (χ3n) is 9.66. The Balaban J connectivity index is 1.67. The summed E-state index contributed by atoms with van der Waals surface area (Å²) >= 11 is 0. The zero-order chi connectivity index (χ0) is 34.1. The molecular weight excluding hydrogens is 612 g/mol. The van der Waals surface area contributed by atoms with Crippen molar-refractivity contribution in [3.8, 4) is 22.3 Å². The van der Waals surface area contributed by atoms with Crippen LogP contribution < -0.4 is 0 Å². The summed E-state index contributed by atoms with van der Waals surface area (Å²) in [4.78, 5) is 28.3. The van der Waals surface area contributed by atoms with Gasteiger partial charge in [0.25, 0.3) is 11.4 Å². The van der Waals surface area contributed by atoms with E-state index < -0.39 is 0 Å². The molecule has 0 N–H and O–H groups in total. The standard InChI is InChI=1S/C41H38N4O4/c1-3-5-7-18-33-34(19-8-6-4-2)40-39(30-15-12-17-32(24-30)45(48)49)35-22-21-28(27-14-11-16-31(23-27)44(46)47)26-38(35)43(40)41-36(33)25-29-13-9-10-20-37(29)42-41/h9-17,20-26H,3-8,18-19H2,1-2H3. The van der Waals surface area contributed by atoms with E-state index in [9.17, 15) is 20.2 Å². The molecule has 0 aliphatic carbocycles. The summed E-state index contributed by atoms with van der Waals surface area (Å²) in [7, 11) is 0. The van der Waals surface area contributed by atoms with Gasteiger partial charge in [0.1, 0.15) is 5.65 Å². The van der Waals surface area contributed by atoms with E-state index in [2.05, 4.69) is 42.5 Å². The second-order valence-electron chi connectivity index (χ2n) is 12.8.